The second kappa shape index (κ2) is 8.64. The first-order valence-electron chi connectivity index (χ1n) is 9.96. The number of amides is 2. The zero-order valence-electron chi connectivity index (χ0n) is 16.8. The van der Waals surface area contributed by atoms with Crippen LogP contribution in [0.3, 0.4) is 0 Å². The van der Waals surface area contributed by atoms with Crippen molar-refractivity contribution in [3.8, 4) is 0 Å². The van der Waals surface area contributed by atoms with Crippen molar-refractivity contribution in [2.24, 2.45) is 5.92 Å². The van der Waals surface area contributed by atoms with Crippen molar-refractivity contribution < 1.29 is 14.4 Å². The summed E-state index contributed by atoms with van der Waals surface area (Å²) < 4.78 is 0. The van der Waals surface area contributed by atoms with E-state index in [2.05, 4.69) is 10.3 Å². The smallest absolute Gasteiger partial charge is 0.247 e. The molecule has 2 aliphatic rings. The Labute approximate surface area is 170 Å². The van der Waals surface area contributed by atoms with E-state index in [0.717, 1.165) is 25.7 Å². The largest absolute Gasteiger partial charge is 0.349 e. The van der Waals surface area contributed by atoms with E-state index in [1.807, 2.05) is 26.8 Å². The average Bonchev–Trinajstić information content (AvgIpc) is 3.30. The normalized spacial score (nSPS) is 21.5. The Morgan fingerprint density at radius 1 is 1.29 bits per heavy atom. The summed E-state index contributed by atoms with van der Waals surface area (Å²) in [7, 11) is 0. The van der Waals surface area contributed by atoms with Crippen molar-refractivity contribution in [2.45, 2.75) is 70.5 Å². The Bertz CT molecular complexity index is 726. The van der Waals surface area contributed by atoms with Gasteiger partial charge in [-0.15, -0.1) is 0 Å². The van der Waals surface area contributed by atoms with Crippen molar-refractivity contribution in [2.75, 3.05) is 5.75 Å². The first-order chi connectivity index (χ1) is 13.3. The van der Waals surface area contributed by atoms with Gasteiger partial charge in [0.2, 0.25) is 11.8 Å². The van der Waals surface area contributed by atoms with Crippen LogP contribution in [0.5, 0.6) is 0 Å². The molecule has 0 unspecified atom stereocenters. The molecule has 1 N–H and O–H groups in total. The predicted octanol–water partition coefficient (Wildman–Crippen LogP) is 3.09. The summed E-state index contributed by atoms with van der Waals surface area (Å²) in [6.45, 7) is 5.79. The van der Waals surface area contributed by atoms with Crippen LogP contribution in [0, 0.1) is 5.92 Å². The molecule has 0 aromatic carbocycles. The van der Waals surface area contributed by atoms with E-state index in [0.29, 0.717) is 11.3 Å². The quantitative estimate of drug-likeness (QED) is 0.817. The minimum Gasteiger partial charge on any atom is -0.349 e. The average molecular weight is 404 g/mol. The van der Waals surface area contributed by atoms with E-state index in [1.165, 1.54) is 11.8 Å². The summed E-state index contributed by atoms with van der Waals surface area (Å²) in [5.74, 6) is -0.123. The minimum absolute atomic E-state index is 0.0177. The molecular formula is C21H29N3O3S. The molecule has 1 saturated heterocycles. The number of carbonyl (C=O) groups is 3. The van der Waals surface area contributed by atoms with Crippen molar-refractivity contribution in [3.63, 3.8) is 0 Å². The van der Waals surface area contributed by atoms with E-state index in [9.17, 15) is 14.4 Å². The molecule has 2 heterocycles. The fourth-order valence-electron chi connectivity index (χ4n) is 4.00. The van der Waals surface area contributed by atoms with Gasteiger partial charge in [0, 0.05) is 41.7 Å². The van der Waals surface area contributed by atoms with Crippen molar-refractivity contribution in [1.29, 1.82) is 0 Å². The molecule has 1 aliphatic carbocycles. The third-order valence-corrected chi connectivity index (χ3v) is 6.26. The number of rotatable bonds is 5. The number of thioether (sulfide) groups is 1. The van der Waals surface area contributed by atoms with E-state index in [1.54, 1.807) is 23.4 Å². The lowest BCUT2D eigenvalue weighted by Gasteiger charge is -2.38. The zero-order valence-corrected chi connectivity index (χ0v) is 17.6. The lowest BCUT2D eigenvalue weighted by atomic mass is 9.97. The highest BCUT2D eigenvalue weighted by atomic mass is 32.2. The standard InChI is InChI=1S/C21H29N3O3S/c1-21(2,3)23-19(26)18(14-7-6-10-22-12-14)24(16-8-4-5-9-16)20(27)15-11-17(25)28-13-15/h6-7,10,12,15-16,18H,4-5,8-9,11,13H2,1-3H3,(H,23,26)/t15-,18+/m0/s1. The molecule has 28 heavy (non-hydrogen) atoms. The second-order valence-corrected chi connectivity index (χ2v) is 9.77. The van der Waals surface area contributed by atoms with Gasteiger partial charge in [-0.05, 0) is 39.7 Å². The molecule has 2 fully saturated rings. The molecule has 152 valence electrons. The maximum absolute atomic E-state index is 13.5. The molecular weight excluding hydrogens is 374 g/mol. The van der Waals surface area contributed by atoms with E-state index in [-0.39, 0.29) is 35.3 Å². The van der Waals surface area contributed by atoms with E-state index < -0.39 is 11.6 Å². The number of pyridine rings is 1. The van der Waals surface area contributed by atoms with E-state index >= 15 is 0 Å². The number of aromatic nitrogens is 1. The van der Waals surface area contributed by atoms with Gasteiger partial charge in [0.25, 0.3) is 0 Å². The molecule has 1 saturated carbocycles. The van der Waals surface area contributed by atoms with Gasteiger partial charge >= 0.3 is 0 Å². The Kier molecular flexibility index (Phi) is 6.43. The topological polar surface area (TPSA) is 79.4 Å². The van der Waals surface area contributed by atoms with Crippen LogP contribution in [-0.4, -0.2) is 44.1 Å². The minimum atomic E-state index is -0.732. The predicted molar refractivity (Wildman–Crippen MR) is 110 cm³/mol. The Morgan fingerprint density at radius 2 is 2.00 bits per heavy atom. The van der Waals surface area contributed by atoms with Crippen molar-refractivity contribution in [3.05, 3.63) is 30.1 Å². The van der Waals surface area contributed by atoms with Crippen LogP contribution in [0.15, 0.2) is 24.5 Å². The maximum Gasteiger partial charge on any atom is 0.247 e. The molecule has 0 spiro atoms. The molecule has 0 bridgehead atoms. The number of nitrogens with one attached hydrogen (secondary N) is 1. The summed E-state index contributed by atoms with van der Waals surface area (Å²) in [5.41, 5.74) is 0.294. The molecule has 1 aromatic heterocycles. The van der Waals surface area contributed by atoms with Crippen LogP contribution in [0.25, 0.3) is 0 Å². The molecule has 2 atom stereocenters. The SMILES string of the molecule is CC(C)(C)NC(=O)[C@@H](c1cccnc1)N(C(=O)[C@@H]1CSC(=O)C1)C1CCCC1. The Balaban J connectivity index is 1.99. The zero-order chi connectivity index (χ0) is 20.3. The Morgan fingerprint density at radius 3 is 2.54 bits per heavy atom. The highest BCUT2D eigenvalue weighted by Crippen LogP contribution is 2.36. The highest BCUT2D eigenvalue weighted by Gasteiger charge is 2.42. The summed E-state index contributed by atoms with van der Waals surface area (Å²) >= 11 is 1.22. The summed E-state index contributed by atoms with van der Waals surface area (Å²) in [5, 5.41) is 3.10. The third-order valence-electron chi connectivity index (χ3n) is 5.21. The van der Waals surface area contributed by atoms with Gasteiger partial charge in [-0.3, -0.25) is 19.4 Å². The van der Waals surface area contributed by atoms with Gasteiger partial charge in [0.05, 0.1) is 5.92 Å². The first-order valence-corrected chi connectivity index (χ1v) is 10.9. The van der Waals surface area contributed by atoms with Gasteiger partial charge in [0.15, 0.2) is 5.12 Å². The number of hydrogen-bond donors (Lipinski definition) is 1. The van der Waals surface area contributed by atoms with Crippen LogP contribution in [-0.2, 0) is 14.4 Å². The van der Waals surface area contributed by atoms with E-state index in [4.69, 9.17) is 0 Å². The van der Waals surface area contributed by atoms with Crippen LogP contribution in [0.1, 0.15) is 64.5 Å². The van der Waals surface area contributed by atoms with Gasteiger partial charge in [-0.25, -0.2) is 0 Å². The highest BCUT2D eigenvalue weighted by molar-refractivity contribution is 8.14. The Hall–Kier alpha value is -1.89. The molecule has 1 aromatic rings. The third kappa shape index (κ3) is 4.93. The van der Waals surface area contributed by atoms with Gasteiger partial charge in [-0.2, -0.15) is 0 Å². The number of carbonyl (C=O) groups excluding carboxylic acids is 3. The van der Waals surface area contributed by atoms with Crippen LogP contribution >= 0.6 is 11.8 Å². The molecule has 2 amide bonds. The number of hydrogen-bond acceptors (Lipinski definition) is 5. The summed E-state index contributed by atoms with van der Waals surface area (Å²) in [6, 6.07) is 2.93. The lowest BCUT2D eigenvalue weighted by molar-refractivity contribution is -0.147. The first kappa shape index (κ1) is 20.8. The summed E-state index contributed by atoms with van der Waals surface area (Å²) in [6.07, 6.45) is 7.46. The molecule has 3 rings (SSSR count). The maximum atomic E-state index is 13.5. The number of nitrogens with zero attached hydrogens (tertiary/aromatic N) is 2. The van der Waals surface area contributed by atoms with Gasteiger partial charge < -0.3 is 10.2 Å². The molecule has 7 heteroatoms. The molecule has 1 aliphatic heterocycles. The van der Waals surface area contributed by atoms with Gasteiger partial charge in [-0.1, -0.05) is 30.7 Å². The summed E-state index contributed by atoms with van der Waals surface area (Å²) in [4.78, 5) is 44.6. The monoisotopic (exact) mass is 403 g/mol. The van der Waals surface area contributed by atoms with Gasteiger partial charge in [0.1, 0.15) is 6.04 Å². The van der Waals surface area contributed by atoms with Crippen LogP contribution in [0.2, 0.25) is 0 Å². The van der Waals surface area contributed by atoms with Crippen LogP contribution < -0.4 is 5.32 Å². The van der Waals surface area contributed by atoms with Crippen molar-refractivity contribution >= 4 is 28.7 Å². The van der Waals surface area contributed by atoms with Crippen LogP contribution in [0.4, 0.5) is 0 Å². The van der Waals surface area contributed by atoms with Crippen molar-refractivity contribution in [1.82, 2.24) is 15.2 Å². The fraction of sp³-hybridized carbons (Fsp3) is 0.619. The molecule has 6 nitrogen and oxygen atoms in total. The second-order valence-electron chi connectivity index (χ2n) is 8.70. The molecule has 0 radical (unpaired) electrons. The lowest BCUT2D eigenvalue weighted by Crippen LogP contribution is -2.53. The fourth-order valence-corrected chi connectivity index (χ4v) is 4.96.